The fourth-order valence-electron chi connectivity index (χ4n) is 1.14. The van der Waals surface area contributed by atoms with Gasteiger partial charge in [0.15, 0.2) is 4.33 Å². The highest BCUT2D eigenvalue weighted by Gasteiger charge is 2.30. The molecule has 1 aromatic rings. The molecule has 0 aromatic heterocycles. The van der Waals surface area contributed by atoms with Crippen LogP contribution in [0.2, 0.25) is 0 Å². The van der Waals surface area contributed by atoms with Gasteiger partial charge in [-0.15, -0.1) is 0 Å². The Labute approximate surface area is 135 Å². The van der Waals surface area contributed by atoms with Crippen molar-refractivity contribution in [2.24, 2.45) is 0 Å². The van der Waals surface area contributed by atoms with Crippen LogP contribution in [0.5, 0.6) is 0 Å². The van der Waals surface area contributed by atoms with E-state index in [1.165, 1.54) is 0 Å². The van der Waals surface area contributed by atoms with Crippen molar-refractivity contribution in [2.45, 2.75) is 11.3 Å². The summed E-state index contributed by atoms with van der Waals surface area (Å²) < 4.78 is 9.84. The van der Waals surface area contributed by atoms with Crippen molar-refractivity contribution in [3.05, 3.63) is 33.4 Å². The zero-order valence-corrected chi connectivity index (χ0v) is 14.9. The number of hydrogen-bond acceptors (Lipinski definition) is 3. The van der Waals surface area contributed by atoms with Gasteiger partial charge >= 0.3 is 6.72 Å². The Morgan fingerprint density at radius 1 is 1.33 bits per heavy atom. The zero-order chi connectivity index (χ0) is 13.8. The normalized spacial score (nSPS) is 15.4. The first-order valence-corrected chi connectivity index (χ1v) is 9.45. The van der Waals surface area contributed by atoms with Crippen molar-refractivity contribution in [3.63, 3.8) is 0 Å². The van der Waals surface area contributed by atoms with Crippen LogP contribution in [0.15, 0.2) is 24.3 Å². The van der Waals surface area contributed by atoms with Crippen LogP contribution in [0.4, 0.5) is 0 Å². The summed E-state index contributed by atoms with van der Waals surface area (Å²) in [5, 5.41) is 0. The molecule has 0 saturated carbocycles. The summed E-state index contributed by atoms with van der Waals surface area (Å²) in [6.45, 7) is -1.40. The van der Waals surface area contributed by atoms with Crippen LogP contribution in [0, 0.1) is 3.57 Å². The molecule has 18 heavy (non-hydrogen) atoms. The van der Waals surface area contributed by atoms with E-state index in [2.05, 4.69) is 22.6 Å². The molecule has 1 aromatic carbocycles. The molecule has 0 aliphatic carbocycles. The highest BCUT2D eigenvalue weighted by molar-refractivity contribution is 14.1. The third-order valence-electron chi connectivity index (χ3n) is 1.97. The molecule has 0 heterocycles. The molecule has 0 saturated heterocycles. The van der Waals surface area contributed by atoms with Gasteiger partial charge in [-0.2, -0.15) is 0 Å². The Kier molecular flexibility index (Phi) is 6.82. The first-order valence-electron chi connectivity index (χ1n) is 5.02. The predicted octanol–water partition coefficient (Wildman–Crippen LogP) is 4.19. The number of benzene rings is 1. The van der Waals surface area contributed by atoms with Crippen LogP contribution in [0.3, 0.4) is 0 Å². The van der Waals surface area contributed by atoms with E-state index in [1.807, 2.05) is 12.1 Å². The molecule has 1 atom stereocenters. The van der Waals surface area contributed by atoms with Gasteiger partial charge < -0.3 is 13.9 Å². The Hall–Kier alpha value is 1.06. The first kappa shape index (κ1) is 17.1. The van der Waals surface area contributed by atoms with E-state index in [0.29, 0.717) is 5.56 Å². The summed E-state index contributed by atoms with van der Waals surface area (Å²) in [6.07, 6.45) is 0. The minimum absolute atomic E-state index is 0.134. The minimum atomic E-state index is -3.26. The van der Waals surface area contributed by atoms with Gasteiger partial charge in [-0.3, -0.25) is 0 Å². The molecule has 0 radical (unpaired) electrons. The molecule has 0 amide bonds. The standard InChI is InChI=1S/C10H12Cl2IO3PS/c1-2-15-17(14,18)16-7-10(11,12)8-3-5-9(13)6-4-8/h3-6H,2,7H2,1H3,(H,14,18). The van der Waals surface area contributed by atoms with Crippen molar-refractivity contribution in [1.29, 1.82) is 0 Å². The van der Waals surface area contributed by atoms with Gasteiger partial charge in [0.2, 0.25) is 0 Å². The second-order valence-corrected chi connectivity index (χ2v) is 8.94. The van der Waals surface area contributed by atoms with Crippen molar-refractivity contribution < 1.29 is 13.9 Å². The van der Waals surface area contributed by atoms with Gasteiger partial charge in [-0.05, 0) is 59.0 Å². The lowest BCUT2D eigenvalue weighted by atomic mass is 10.1. The van der Waals surface area contributed by atoms with Gasteiger partial charge in [-0.1, -0.05) is 35.3 Å². The van der Waals surface area contributed by atoms with Crippen molar-refractivity contribution >= 4 is 64.3 Å². The van der Waals surface area contributed by atoms with E-state index < -0.39 is 11.1 Å². The molecule has 0 bridgehead atoms. The largest absolute Gasteiger partial charge is 0.324 e. The van der Waals surface area contributed by atoms with Crippen molar-refractivity contribution in [1.82, 2.24) is 0 Å². The second-order valence-electron chi connectivity index (χ2n) is 3.37. The van der Waals surface area contributed by atoms with E-state index in [0.717, 1.165) is 3.57 Å². The lowest BCUT2D eigenvalue weighted by Crippen LogP contribution is -2.18. The highest BCUT2D eigenvalue weighted by Crippen LogP contribution is 2.47. The molecule has 0 aliphatic rings. The van der Waals surface area contributed by atoms with E-state index >= 15 is 0 Å². The molecular formula is C10H12Cl2IO3PS. The molecular weight excluding hydrogens is 429 g/mol. The molecule has 0 aliphatic heterocycles. The fraction of sp³-hybridized carbons (Fsp3) is 0.400. The molecule has 0 spiro atoms. The van der Waals surface area contributed by atoms with E-state index in [9.17, 15) is 4.89 Å². The van der Waals surface area contributed by atoms with E-state index in [-0.39, 0.29) is 13.2 Å². The average Bonchev–Trinajstić information content (AvgIpc) is 2.27. The third-order valence-corrected chi connectivity index (χ3v) is 5.01. The first-order chi connectivity index (χ1) is 8.27. The third kappa shape index (κ3) is 5.59. The van der Waals surface area contributed by atoms with Crippen molar-refractivity contribution in [2.75, 3.05) is 13.2 Å². The van der Waals surface area contributed by atoms with Crippen LogP contribution in [-0.2, 0) is 25.2 Å². The molecule has 1 unspecified atom stereocenters. The van der Waals surface area contributed by atoms with Crippen LogP contribution >= 0.6 is 52.5 Å². The fourth-order valence-corrected chi connectivity index (χ4v) is 3.24. The monoisotopic (exact) mass is 440 g/mol. The Bertz CT molecular complexity index is 441. The molecule has 3 nitrogen and oxygen atoms in total. The maximum Gasteiger partial charge on any atom is 0.324 e. The van der Waals surface area contributed by atoms with Crippen LogP contribution in [-0.4, -0.2) is 18.1 Å². The quantitative estimate of drug-likeness (QED) is 0.409. The highest BCUT2D eigenvalue weighted by atomic mass is 127. The molecule has 1 N–H and O–H groups in total. The van der Waals surface area contributed by atoms with E-state index in [4.69, 9.17) is 44.1 Å². The Balaban J connectivity index is 2.70. The lowest BCUT2D eigenvalue weighted by Gasteiger charge is -2.23. The van der Waals surface area contributed by atoms with Gasteiger partial charge in [0, 0.05) is 3.57 Å². The zero-order valence-electron chi connectivity index (χ0n) is 9.48. The topological polar surface area (TPSA) is 38.7 Å². The van der Waals surface area contributed by atoms with Gasteiger partial charge in [0.25, 0.3) is 0 Å². The van der Waals surface area contributed by atoms with Gasteiger partial charge in [0.05, 0.1) is 13.2 Å². The Morgan fingerprint density at radius 3 is 2.39 bits per heavy atom. The number of alkyl halides is 2. The summed E-state index contributed by atoms with van der Waals surface area (Å²) in [4.78, 5) is 9.63. The maximum atomic E-state index is 9.63. The molecule has 8 heteroatoms. The SMILES string of the molecule is CCOP(O)(=S)OCC(Cl)(Cl)c1ccc(I)cc1. The smallest absolute Gasteiger partial charge is 0.324 e. The second kappa shape index (κ2) is 7.18. The Morgan fingerprint density at radius 2 is 1.89 bits per heavy atom. The van der Waals surface area contributed by atoms with E-state index in [1.54, 1.807) is 19.1 Å². The molecule has 1 rings (SSSR count). The lowest BCUT2D eigenvalue weighted by molar-refractivity contribution is 0.199. The van der Waals surface area contributed by atoms with Crippen molar-refractivity contribution in [3.8, 4) is 0 Å². The summed E-state index contributed by atoms with van der Waals surface area (Å²) in [5.41, 5.74) is 0.678. The number of halogens is 3. The minimum Gasteiger partial charge on any atom is -0.324 e. The van der Waals surface area contributed by atoms with Gasteiger partial charge in [-0.25, -0.2) is 0 Å². The molecule has 0 fully saturated rings. The van der Waals surface area contributed by atoms with Crippen LogP contribution in [0.1, 0.15) is 12.5 Å². The summed E-state index contributed by atoms with van der Waals surface area (Å²) in [6, 6.07) is 7.36. The molecule has 102 valence electrons. The van der Waals surface area contributed by atoms with Crippen LogP contribution in [0.25, 0.3) is 0 Å². The maximum absolute atomic E-state index is 9.63. The van der Waals surface area contributed by atoms with Crippen LogP contribution < -0.4 is 0 Å². The summed E-state index contributed by atoms with van der Waals surface area (Å²) in [7, 11) is 0. The number of hydrogen-bond donors (Lipinski definition) is 1. The predicted molar refractivity (Wildman–Crippen MR) is 86.6 cm³/mol. The number of rotatable bonds is 6. The summed E-state index contributed by atoms with van der Waals surface area (Å²) >= 11 is 19.3. The average molecular weight is 441 g/mol. The van der Waals surface area contributed by atoms with Gasteiger partial charge in [0.1, 0.15) is 0 Å². The summed E-state index contributed by atoms with van der Waals surface area (Å²) in [5.74, 6) is 0.